The summed E-state index contributed by atoms with van der Waals surface area (Å²) in [5.41, 5.74) is 3.92. The molecule has 2 aromatic rings. The van der Waals surface area contributed by atoms with E-state index in [1.165, 1.54) is 22.0 Å². The first-order valence-electron chi connectivity index (χ1n) is 10.5. The molecule has 0 aliphatic carbocycles. The van der Waals surface area contributed by atoms with Gasteiger partial charge >= 0.3 is 0 Å². The maximum absolute atomic E-state index is 9.39. The van der Waals surface area contributed by atoms with E-state index in [4.69, 9.17) is 9.73 Å². The zero-order chi connectivity index (χ0) is 19.8. The number of hydrogen-bond donors (Lipinski definition) is 4. The van der Waals surface area contributed by atoms with E-state index in [2.05, 4.69) is 53.9 Å². The number of ether oxygens (including phenoxy) is 1. The lowest BCUT2D eigenvalue weighted by molar-refractivity contribution is 0.131. The van der Waals surface area contributed by atoms with Gasteiger partial charge in [-0.1, -0.05) is 25.1 Å². The average Bonchev–Trinajstić information content (AvgIpc) is 3.34. The first-order chi connectivity index (χ1) is 13.7. The number of fused-ring (bicyclic) bond motifs is 1. The maximum atomic E-state index is 9.39. The van der Waals surface area contributed by atoms with Gasteiger partial charge in [0.1, 0.15) is 0 Å². The number of H-pyrrole nitrogens is 1. The van der Waals surface area contributed by atoms with Crippen molar-refractivity contribution in [2.75, 3.05) is 39.5 Å². The van der Waals surface area contributed by atoms with Crippen LogP contribution in [0.3, 0.4) is 0 Å². The van der Waals surface area contributed by atoms with Gasteiger partial charge < -0.3 is 25.5 Å². The van der Waals surface area contributed by atoms with Crippen LogP contribution in [0.15, 0.2) is 29.4 Å². The van der Waals surface area contributed by atoms with Crippen LogP contribution in [-0.4, -0.2) is 55.5 Å². The molecule has 2 heterocycles. The number of aliphatic hydroxyl groups excluding tert-OH is 1. The van der Waals surface area contributed by atoms with E-state index >= 15 is 0 Å². The zero-order valence-electron chi connectivity index (χ0n) is 17.2. The molecule has 4 N–H and O–H groups in total. The molecule has 1 fully saturated rings. The predicted molar refractivity (Wildman–Crippen MR) is 115 cm³/mol. The first-order valence-corrected chi connectivity index (χ1v) is 10.5. The SMILES string of the molecule is CCNC(=NCC1(CCO)CCOC1)NCCc1c[nH]c2c(CC)cccc12. The van der Waals surface area contributed by atoms with Crippen LogP contribution in [0.4, 0.5) is 0 Å². The minimum absolute atomic E-state index is 0.0233. The van der Waals surface area contributed by atoms with Crippen LogP contribution < -0.4 is 10.6 Å². The Bertz CT molecular complexity index is 778. The van der Waals surface area contributed by atoms with Gasteiger partial charge in [-0.2, -0.15) is 0 Å². The third-order valence-corrected chi connectivity index (χ3v) is 5.70. The number of aromatic amines is 1. The van der Waals surface area contributed by atoms with Gasteiger partial charge in [-0.3, -0.25) is 4.99 Å². The van der Waals surface area contributed by atoms with Crippen LogP contribution in [0, 0.1) is 5.41 Å². The Morgan fingerprint density at radius 2 is 2.18 bits per heavy atom. The van der Waals surface area contributed by atoms with E-state index in [0.29, 0.717) is 13.2 Å². The summed E-state index contributed by atoms with van der Waals surface area (Å²) in [6, 6.07) is 6.52. The van der Waals surface area contributed by atoms with E-state index < -0.39 is 0 Å². The Labute approximate surface area is 167 Å². The molecule has 1 saturated heterocycles. The van der Waals surface area contributed by atoms with Crippen molar-refractivity contribution in [2.24, 2.45) is 10.4 Å². The molecule has 1 aromatic carbocycles. The molecular formula is C22H34N4O2. The van der Waals surface area contributed by atoms with Crippen molar-refractivity contribution in [1.82, 2.24) is 15.6 Å². The number of hydrogen-bond acceptors (Lipinski definition) is 3. The molecular weight excluding hydrogens is 352 g/mol. The summed E-state index contributed by atoms with van der Waals surface area (Å²) in [7, 11) is 0. The number of nitrogens with zero attached hydrogens (tertiary/aromatic N) is 1. The Balaban J connectivity index is 1.61. The Morgan fingerprint density at radius 1 is 1.29 bits per heavy atom. The molecule has 154 valence electrons. The van der Waals surface area contributed by atoms with Crippen LogP contribution in [0.25, 0.3) is 10.9 Å². The summed E-state index contributed by atoms with van der Waals surface area (Å²) < 4.78 is 5.57. The summed E-state index contributed by atoms with van der Waals surface area (Å²) in [6.07, 6.45) is 5.80. The Hall–Kier alpha value is -2.05. The van der Waals surface area contributed by atoms with Crippen molar-refractivity contribution < 1.29 is 9.84 Å². The molecule has 0 amide bonds. The number of para-hydroxylation sites is 1. The molecule has 1 unspecified atom stereocenters. The number of rotatable bonds is 9. The molecule has 0 bridgehead atoms. The van der Waals surface area contributed by atoms with Crippen LogP contribution >= 0.6 is 0 Å². The summed E-state index contributed by atoms with van der Waals surface area (Å²) in [6.45, 7) is 8.21. The third-order valence-electron chi connectivity index (χ3n) is 5.70. The normalized spacial score (nSPS) is 20.0. The third kappa shape index (κ3) is 4.86. The molecule has 1 aromatic heterocycles. The predicted octanol–water partition coefficient (Wildman–Crippen LogP) is 2.62. The highest BCUT2D eigenvalue weighted by Crippen LogP contribution is 2.32. The summed E-state index contributed by atoms with van der Waals surface area (Å²) in [5, 5.41) is 17.5. The second-order valence-corrected chi connectivity index (χ2v) is 7.66. The second-order valence-electron chi connectivity index (χ2n) is 7.66. The standard InChI is InChI=1S/C22H34N4O2/c1-3-17-6-5-7-19-18(14-25-20(17)19)8-11-24-21(23-4-2)26-15-22(9-12-27)10-13-28-16-22/h5-7,14,25,27H,3-4,8-13,15-16H2,1-2H3,(H2,23,24,26). The number of aliphatic imine (C=N–C) groups is 1. The Kier molecular flexibility index (Phi) is 7.34. The summed E-state index contributed by atoms with van der Waals surface area (Å²) >= 11 is 0. The molecule has 1 aliphatic heterocycles. The fourth-order valence-corrected chi connectivity index (χ4v) is 3.97. The van der Waals surface area contributed by atoms with Crippen molar-refractivity contribution in [3.63, 3.8) is 0 Å². The lowest BCUT2D eigenvalue weighted by Gasteiger charge is -2.24. The van der Waals surface area contributed by atoms with Crippen LogP contribution in [0.1, 0.15) is 37.8 Å². The maximum Gasteiger partial charge on any atom is 0.191 e. The molecule has 0 saturated carbocycles. The zero-order valence-corrected chi connectivity index (χ0v) is 17.2. The number of aryl methyl sites for hydroxylation is 1. The highest BCUT2D eigenvalue weighted by molar-refractivity contribution is 5.86. The highest BCUT2D eigenvalue weighted by atomic mass is 16.5. The van der Waals surface area contributed by atoms with Crippen LogP contribution in [0.2, 0.25) is 0 Å². The fourth-order valence-electron chi connectivity index (χ4n) is 3.97. The van der Waals surface area contributed by atoms with E-state index in [-0.39, 0.29) is 12.0 Å². The smallest absolute Gasteiger partial charge is 0.191 e. The number of aliphatic hydroxyl groups is 1. The quantitative estimate of drug-likeness (QED) is 0.394. The van der Waals surface area contributed by atoms with Gasteiger partial charge in [-0.25, -0.2) is 0 Å². The van der Waals surface area contributed by atoms with Gasteiger partial charge in [0.15, 0.2) is 5.96 Å². The fraction of sp³-hybridized carbons (Fsp3) is 0.591. The summed E-state index contributed by atoms with van der Waals surface area (Å²) in [5.74, 6) is 0.834. The van der Waals surface area contributed by atoms with E-state index in [1.807, 2.05) is 0 Å². The van der Waals surface area contributed by atoms with Gasteiger partial charge in [0, 0.05) is 48.8 Å². The van der Waals surface area contributed by atoms with Crippen molar-refractivity contribution >= 4 is 16.9 Å². The van der Waals surface area contributed by atoms with Gasteiger partial charge in [0.2, 0.25) is 0 Å². The van der Waals surface area contributed by atoms with E-state index in [0.717, 1.165) is 51.3 Å². The Morgan fingerprint density at radius 3 is 2.89 bits per heavy atom. The number of aromatic nitrogens is 1. The first kappa shape index (κ1) is 20.7. The van der Waals surface area contributed by atoms with Crippen molar-refractivity contribution in [1.29, 1.82) is 0 Å². The minimum atomic E-state index is -0.0233. The van der Waals surface area contributed by atoms with E-state index in [1.54, 1.807) is 0 Å². The minimum Gasteiger partial charge on any atom is -0.396 e. The van der Waals surface area contributed by atoms with Crippen molar-refractivity contribution in [3.8, 4) is 0 Å². The van der Waals surface area contributed by atoms with Crippen LogP contribution in [-0.2, 0) is 17.6 Å². The lowest BCUT2D eigenvalue weighted by atomic mass is 9.84. The highest BCUT2D eigenvalue weighted by Gasteiger charge is 2.34. The second kappa shape index (κ2) is 9.94. The number of benzene rings is 1. The molecule has 1 atom stereocenters. The lowest BCUT2D eigenvalue weighted by Crippen LogP contribution is -2.39. The van der Waals surface area contributed by atoms with E-state index in [9.17, 15) is 5.11 Å². The molecule has 28 heavy (non-hydrogen) atoms. The monoisotopic (exact) mass is 386 g/mol. The topological polar surface area (TPSA) is 81.7 Å². The van der Waals surface area contributed by atoms with Crippen LogP contribution in [0.5, 0.6) is 0 Å². The molecule has 3 rings (SSSR count). The van der Waals surface area contributed by atoms with Crippen molar-refractivity contribution in [3.05, 3.63) is 35.5 Å². The molecule has 1 aliphatic rings. The van der Waals surface area contributed by atoms with Gasteiger partial charge in [0.25, 0.3) is 0 Å². The van der Waals surface area contributed by atoms with Gasteiger partial charge in [-0.05, 0) is 43.7 Å². The largest absolute Gasteiger partial charge is 0.396 e. The summed E-state index contributed by atoms with van der Waals surface area (Å²) in [4.78, 5) is 8.23. The molecule has 0 spiro atoms. The number of nitrogens with one attached hydrogen (secondary N) is 3. The number of guanidine groups is 1. The van der Waals surface area contributed by atoms with Gasteiger partial charge in [0.05, 0.1) is 13.2 Å². The van der Waals surface area contributed by atoms with Gasteiger partial charge in [-0.15, -0.1) is 0 Å². The van der Waals surface area contributed by atoms with Crippen molar-refractivity contribution in [2.45, 2.75) is 39.5 Å². The average molecular weight is 387 g/mol. The molecule has 0 radical (unpaired) electrons. The molecule has 6 heteroatoms. The molecule has 6 nitrogen and oxygen atoms in total.